The predicted molar refractivity (Wildman–Crippen MR) is 103 cm³/mol. The number of anilines is 1. The molecule has 2 amide bonds. The number of carbonyl (C=O) groups excluding carboxylic acids is 2. The first-order chi connectivity index (χ1) is 13.1. The Morgan fingerprint density at radius 3 is 2.67 bits per heavy atom. The van der Waals surface area contributed by atoms with Crippen molar-refractivity contribution in [3.63, 3.8) is 0 Å². The minimum atomic E-state index is -0.446. The van der Waals surface area contributed by atoms with Crippen LogP contribution in [0.3, 0.4) is 0 Å². The molecule has 2 aromatic rings. The zero-order chi connectivity index (χ0) is 19.2. The second-order valence-corrected chi connectivity index (χ2v) is 6.52. The molecule has 140 valence electrons. The zero-order valence-corrected chi connectivity index (χ0v) is 15.2. The molecule has 2 aromatic carbocycles. The average Bonchev–Trinajstić information content (AvgIpc) is 2.99. The Morgan fingerprint density at radius 2 is 1.93 bits per heavy atom. The van der Waals surface area contributed by atoms with E-state index in [9.17, 15) is 14.0 Å². The van der Waals surface area contributed by atoms with E-state index in [0.717, 1.165) is 31.2 Å². The minimum absolute atomic E-state index is 0.0172. The molecular weight excluding hydrogens is 345 g/mol. The van der Waals surface area contributed by atoms with E-state index >= 15 is 0 Å². The summed E-state index contributed by atoms with van der Waals surface area (Å²) in [6, 6.07) is 11.3. The molecular formula is C21H22FN3O2. The zero-order valence-electron chi connectivity index (χ0n) is 15.2. The van der Waals surface area contributed by atoms with Crippen molar-refractivity contribution in [3.8, 4) is 0 Å². The second kappa shape index (κ2) is 8.58. The van der Waals surface area contributed by atoms with Crippen molar-refractivity contribution in [1.82, 2.24) is 5.43 Å². The number of fused-ring (bicyclic) bond motifs is 1. The van der Waals surface area contributed by atoms with Crippen LogP contribution in [0, 0.1) is 5.82 Å². The molecule has 6 heteroatoms. The summed E-state index contributed by atoms with van der Waals surface area (Å²) < 4.78 is 14.1. The molecule has 0 spiro atoms. The third-order valence-electron chi connectivity index (χ3n) is 4.50. The van der Waals surface area contributed by atoms with Crippen molar-refractivity contribution >= 4 is 23.2 Å². The first kappa shape index (κ1) is 18.8. The molecule has 0 saturated heterocycles. The van der Waals surface area contributed by atoms with Gasteiger partial charge in [0.05, 0.1) is 5.69 Å². The van der Waals surface area contributed by atoms with Crippen LogP contribution in [0.15, 0.2) is 47.6 Å². The summed E-state index contributed by atoms with van der Waals surface area (Å²) >= 11 is 0. The van der Waals surface area contributed by atoms with E-state index in [0.29, 0.717) is 23.2 Å². The third kappa shape index (κ3) is 4.39. The lowest BCUT2D eigenvalue weighted by Crippen LogP contribution is -2.23. The number of benzene rings is 2. The van der Waals surface area contributed by atoms with Crippen molar-refractivity contribution < 1.29 is 14.0 Å². The van der Waals surface area contributed by atoms with Crippen molar-refractivity contribution in [1.29, 1.82) is 0 Å². The Morgan fingerprint density at radius 1 is 1.15 bits per heavy atom. The van der Waals surface area contributed by atoms with Gasteiger partial charge in [-0.15, -0.1) is 0 Å². The average molecular weight is 367 g/mol. The molecule has 2 N–H and O–H groups in total. The van der Waals surface area contributed by atoms with Crippen molar-refractivity contribution in [2.45, 2.75) is 39.0 Å². The van der Waals surface area contributed by atoms with Crippen LogP contribution in [0.25, 0.3) is 0 Å². The number of hydrogen-bond donors (Lipinski definition) is 2. The van der Waals surface area contributed by atoms with Crippen LogP contribution in [0.2, 0.25) is 0 Å². The highest BCUT2D eigenvalue weighted by Crippen LogP contribution is 2.30. The number of aryl methyl sites for hydroxylation is 1. The van der Waals surface area contributed by atoms with Gasteiger partial charge >= 0.3 is 0 Å². The second-order valence-electron chi connectivity index (χ2n) is 6.52. The highest BCUT2D eigenvalue weighted by Gasteiger charge is 2.29. The van der Waals surface area contributed by atoms with Crippen molar-refractivity contribution in [3.05, 3.63) is 65.0 Å². The molecule has 1 aliphatic heterocycles. The lowest BCUT2D eigenvalue weighted by Gasteiger charge is -2.08. The summed E-state index contributed by atoms with van der Waals surface area (Å²) in [5, 5.41) is 6.71. The molecule has 0 radical (unpaired) electrons. The third-order valence-corrected chi connectivity index (χ3v) is 4.50. The van der Waals surface area contributed by atoms with E-state index in [1.54, 1.807) is 30.3 Å². The van der Waals surface area contributed by atoms with Gasteiger partial charge in [-0.2, -0.15) is 5.10 Å². The highest BCUT2D eigenvalue weighted by atomic mass is 19.1. The SMILES string of the molecule is CCCCCCc1cc(F)cc2c1NC(=O)/C2=N\NC(=O)c1ccccc1. The van der Waals surface area contributed by atoms with Gasteiger partial charge in [0.1, 0.15) is 5.82 Å². The number of nitrogens with one attached hydrogen (secondary N) is 2. The predicted octanol–water partition coefficient (Wildman–Crippen LogP) is 4.03. The van der Waals surface area contributed by atoms with E-state index < -0.39 is 17.6 Å². The van der Waals surface area contributed by atoms with Gasteiger partial charge in [0.15, 0.2) is 5.71 Å². The minimum Gasteiger partial charge on any atom is -0.320 e. The summed E-state index contributed by atoms with van der Waals surface area (Å²) in [4.78, 5) is 24.4. The molecule has 0 saturated carbocycles. The molecule has 1 aliphatic rings. The maximum atomic E-state index is 14.1. The topological polar surface area (TPSA) is 70.6 Å². The van der Waals surface area contributed by atoms with E-state index in [2.05, 4.69) is 22.8 Å². The quantitative estimate of drug-likeness (QED) is 0.573. The Labute approximate surface area is 157 Å². The molecule has 27 heavy (non-hydrogen) atoms. The Kier molecular flexibility index (Phi) is 5.96. The van der Waals surface area contributed by atoms with Crippen LogP contribution < -0.4 is 10.7 Å². The number of hydrogen-bond acceptors (Lipinski definition) is 3. The maximum absolute atomic E-state index is 14.1. The van der Waals surface area contributed by atoms with Crippen LogP contribution in [-0.4, -0.2) is 17.5 Å². The summed E-state index contributed by atoms with van der Waals surface area (Å²) in [5.41, 5.74) is 4.56. The van der Waals surface area contributed by atoms with E-state index in [4.69, 9.17) is 0 Å². The monoisotopic (exact) mass is 367 g/mol. The lowest BCUT2D eigenvalue weighted by molar-refractivity contribution is -0.110. The van der Waals surface area contributed by atoms with Gasteiger partial charge < -0.3 is 5.32 Å². The number of carbonyl (C=O) groups is 2. The molecule has 0 aromatic heterocycles. The van der Waals surface area contributed by atoms with Gasteiger partial charge in [-0.3, -0.25) is 9.59 Å². The van der Waals surface area contributed by atoms with Gasteiger partial charge in [0.2, 0.25) is 0 Å². The lowest BCUT2D eigenvalue weighted by atomic mass is 10.0. The van der Waals surface area contributed by atoms with Crippen molar-refractivity contribution in [2.24, 2.45) is 5.10 Å². The summed E-state index contributed by atoms with van der Waals surface area (Å²) in [5.74, 6) is -1.29. The fourth-order valence-electron chi connectivity index (χ4n) is 3.10. The van der Waals surface area contributed by atoms with E-state index in [1.165, 1.54) is 12.1 Å². The highest BCUT2D eigenvalue weighted by molar-refractivity contribution is 6.54. The standard InChI is InChI=1S/C21H22FN3O2/c1-2-3-4-6-11-15-12-16(22)13-17-18(15)23-21(27)19(17)24-25-20(26)14-9-7-5-8-10-14/h5,7-10,12-13H,2-4,6,11H2,1H3,(H,25,26)(H,23,24,27). The normalized spacial score (nSPS) is 14.1. The van der Waals surface area contributed by atoms with Crippen LogP contribution in [-0.2, 0) is 11.2 Å². The molecule has 0 bridgehead atoms. The number of unbranched alkanes of at least 4 members (excludes halogenated alkanes) is 3. The number of hydrazone groups is 1. The van der Waals surface area contributed by atoms with Crippen molar-refractivity contribution in [2.75, 3.05) is 5.32 Å². The summed E-state index contributed by atoms with van der Waals surface area (Å²) in [7, 11) is 0. The summed E-state index contributed by atoms with van der Waals surface area (Å²) in [6.07, 6.45) is 4.92. The Bertz CT molecular complexity index is 878. The first-order valence-electron chi connectivity index (χ1n) is 9.17. The number of rotatable bonds is 7. The molecule has 0 aliphatic carbocycles. The molecule has 0 unspecified atom stereocenters. The molecule has 0 atom stereocenters. The molecule has 1 heterocycles. The molecule has 0 fully saturated rings. The molecule has 3 rings (SSSR count). The largest absolute Gasteiger partial charge is 0.320 e. The van der Waals surface area contributed by atoms with Crippen LogP contribution in [0.1, 0.15) is 54.1 Å². The summed E-state index contributed by atoms with van der Waals surface area (Å²) in [6.45, 7) is 2.13. The van der Waals surface area contributed by atoms with Gasteiger partial charge in [0.25, 0.3) is 11.8 Å². The van der Waals surface area contributed by atoms with Crippen LogP contribution in [0.4, 0.5) is 10.1 Å². The van der Waals surface area contributed by atoms with Gasteiger partial charge in [-0.1, -0.05) is 44.4 Å². The van der Waals surface area contributed by atoms with Gasteiger partial charge in [0, 0.05) is 11.1 Å². The van der Waals surface area contributed by atoms with Gasteiger partial charge in [-0.25, -0.2) is 9.82 Å². The maximum Gasteiger partial charge on any atom is 0.276 e. The van der Waals surface area contributed by atoms with Gasteiger partial charge in [-0.05, 0) is 42.7 Å². The van der Waals surface area contributed by atoms with Crippen LogP contribution >= 0.6 is 0 Å². The Hall–Kier alpha value is -3.02. The smallest absolute Gasteiger partial charge is 0.276 e. The van der Waals surface area contributed by atoms with E-state index in [1.807, 2.05) is 0 Å². The van der Waals surface area contributed by atoms with E-state index in [-0.39, 0.29) is 5.71 Å². The number of nitrogens with zero attached hydrogens (tertiary/aromatic N) is 1. The Balaban J connectivity index is 1.81. The number of halogens is 1. The fourth-order valence-corrected chi connectivity index (χ4v) is 3.10. The first-order valence-corrected chi connectivity index (χ1v) is 9.17. The number of amides is 2. The fraction of sp³-hybridized carbons (Fsp3) is 0.286. The van der Waals surface area contributed by atoms with Crippen LogP contribution in [0.5, 0.6) is 0 Å². The molecule has 5 nitrogen and oxygen atoms in total.